The van der Waals surface area contributed by atoms with E-state index in [0.717, 1.165) is 12.5 Å². The van der Waals surface area contributed by atoms with E-state index < -0.39 is 0 Å². The van der Waals surface area contributed by atoms with Gasteiger partial charge in [-0.15, -0.1) is 11.3 Å². The molecule has 0 amide bonds. The van der Waals surface area contributed by atoms with Gasteiger partial charge in [-0.1, -0.05) is 33.6 Å². The van der Waals surface area contributed by atoms with E-state index >= 15 is 0 Å². The van der Waals surface area contributed by atoms with Crippen molar-refractivity contribution in [1.82, 2.24) is 5.32 Å². The first-order valence-corrected chi connectivity index (χ1v) is 8.79. The number of nitrogens with one attached hydrogen (secondary N) is 1. The Hall–Kier alpha value is 0.140. The average molecular weight is 332 g/mol. The highest BCUT2D eigenvalue weighted by Gasteiger charge is 2.20. The summed E-state index contributed by atoms with van der Waals surface area (Å²) < 4.78 is 1.25. The van der Waals surface area contributed by atoms with Crippen LogP contribution in [0.25, 0.3) is 0 Å². The second kappa shape index (κ2) is 9.11. The zero-order chi connectivity index (χ0) is 13.4. The van der Waals surface area contributed by atoms with Crippen molar-refractivity contribution in [3.05, 3.63) is 20.8 Å². The molecule has 0 aliphatic carbocycles. The first-order valence-electron chi connectivity index (χ1n) is 7.18. The van der Waals surface area contributed by atoms with Crippen molar-refractivity contribution in [1.29, 1.82) is 0 Å². The summed E-state index contributed by atoms with van der Waals surface area (Å²) >= 11 is 5.43. The molecule has 1 aromatic heterocycles. The Bertz CT molecular complexity index is 318. The van der Waals surface area contributed by atoms with Crippen LogP contribution in [0.5, 0.6) is 0 Å². The second-order valence-electron chi connectivity index (χ2n) is 4.91. The van der Waals surface area contributed by atoms with Gasteiger partial charge >= 0.3 is 0 Å². The Morgan fingerprint density at radius 1 is 1.17 bits per heavy atom. The Morgan fingerprint density at radius 3 is 2.28 bits per heavy atom. The summed E-state index contributed by atoms with van der Waals surface area (Å²) in [4.78, 5) is 1.49. The van der Waals surface area contributed by atoms with Gasteiger partial charge in [0, 0.05) is 10.9 Å². The van der Waals surface area contributed by atoms with Gasteiger partial charge in [0.05, 0.1) is 3.79 Å². The van der Waals surface area contributed by atoms with E-state index in [4.69, 9.17) is 0 Å². The molecule has 104 valence electrons. The van der Waals surface area contributed by atoms with Crippen molar-refractivity contribution in [2.45, 2.75) is 58.9 Å². The highest BCUT2D eigenvalue weighted by molar-refractivity contribution is 9.11. The fourth-order valence-corrected chi connectivity index (χ4v) is 4.18. The van der Waals surface area contributed by atoms with Crippen LogP contribution in [0.3, 0.4) is 0 Å². The van der Waals surface area contributed by atoms with E-state index in [-0.39, 0.29) is 0 Å². The third-order valence-electron chi connectivity index (χ3n) is 3.40. The summed E-state index contributed by atoms with van der Waals surface area (Å²) in [5, 5.41) is 3.70. The lowest BCUT2D eigenvalue weighted by Gasteiger charge is -2.27. The molecule has 1 rings (SSSR count). The Morgan fingerprint density at radius 2 is 1.83 bits per heavy atom. The van der Waals surface area contributed by atoms with Crippen LogP contribution in [0.4, 0.5) is 0 Å². The van der Waals surface area contributed by atoms with E-state index in [0.29, 0.717) is 6.04 Å². The smallest absolute Gasteiger partial charge is 0.0701 e. The molecule has 0 aliphatic rings. The molecule has 3 heteroatoms. The maximum absolute atomic E-state index is 3.70. The van der Waals surface area contributed by atoms with Crippen molar-refractivity contribution in [2.24, 2.45) is 5.92 Å². The van der Waals surface area contributed by atoms with Crippen molar-refractivity contribution < 1.29 is 0 Å². The molecular formula is C15H26BrNS. The molecule has 0 radical (unpaired) electrons. The predicted octanol–water partition coefficient (Wildman–Crippen LogP) is 5.25. The zero-order valence-corrected chi connectivity index (χ0v) is 14.2. The molecule has 1 atom stereocenters. The van der Waals surface area contributed by atoms with Crippen molar-refractivity contribution in [3.63, 3.8) is 0 Å². The molecular weight excluding hydrogens is 306 g/mol. The standard InChI is InChI=1S/C15H26BrNS/c1-4-7-12(8-5-2)14(17-6-3)11-13-9-10-15(16)18-13/h9-10,12,14,17H,4-8,11H2,1-3H3. The third-order valence-corrected chi connectivity index (χ3v) is 5.05. The minimum Gasteiger partial charge on any atom is -0.314 e. The molecule has 0 aliphatic heterocycles. The minimum absolute atomic E-state index is 0.639. The van der Waals surface area contributed by atoms with Gasteiger partial charge in [-0.2, -0.15) is 0 Å². The van der Waals surface area contributed by atoms with Crippen molar-refractivity contribution in [3.8, 4) is 0 Å². The van der Waals surface area contributed by atoms with Gasteiger partial charge in [-0.25, -0.2) is 0 Å². The molecule has 0 aromatic carbocycles. The van der Waals surface area contributed by atoms with Gasteiger partial charge in [0.1, 0.15) is 0 Å². The summed E-state index contributed by atoms with van der Waals surface area (Å²) in [6, 6.07) is 5.06. The first-order chi connectivity index (χ1) is 8.71. The van der Waals surface area contributed by atoms with E-state index in [1.54, 1.807) is 0 Å². The van der Waals surface area contributed by atoms with Crippen LogP contribution in [-0.4, -0.2) is 12.6 Å². The van der Waals surface area contributed by atoms with E-state index in [9.17, 15) is 0 Å². The van der Waals surface area contributed by atoms with Gasteiger partial charge in [0.2, 0.25) is 0 Å². The van der Waals surface area contributed by atoms with Crippen molar-refractivity contribution >= 4 is 27.3 Å². The van der Waals surface area contributed by atoms with Crippen LogP contribution in [0.1, 0.15) is 51.3 Å². The van der Waals surface area contributed by atoms with Gasteiger partial charge in [0.25, 0.3) is 0 Å². The summed E-state index contributed by atoms with van der Waals surface area (Å²) in [7, 11) is 0. The molecule has 0 fully saturated rings. The highest BCUT2D eigenvalue weighted by atomic mass is 79.9. The van der Waals surface area contributed by atoms with Crippen LogP contribution in [-0.2, 0) is 6.42 Å². The second-order valence-corrected chi connectivity index (χ2v) is 7.46. The lowest BCUT2D eigenvalue weighted by Crippen LogP contribution is -2.37. The zero-order valence-electron chi connectivity index (χ0n) is 11.8. The largest absolute Gasteiger partial charge is 0.314 e. The first kappa shape index (κ1) is 16.2. The van der Waals surface area contributed by atoms with Crippen LogP contribution in [0.15, 0.2) is 15.9 Å². The summed E-state index contributed by atoms with van der Waals surface area (Å²) in [5.41, 5.74) is 0. The number of rotatable bonds is 9. The van der Waals surface area contributed by atoms with E-state index in [1.807, 2.05) is 11.3 Å². The lowest BCUT2D eigenvalue weighted by molar-refractivity contribution is 0.313. The fourth-order valence-electron chi connectivity index (χ4n) is 2.63. The summed E-state index contributed by atoms with van der Waals surface area (Å²) in [6.45, 7) is 7.88. The highest BCUT2D eigenvalue weighted by Crippen LogP contribution is 2.27. The molecule has 1 aromatic rings. The maximum Gasteiger partial charge on any atom is 0.0701 e. The monoisotopic (exact) mass is 331 g/mol. The topological polar surface area (TPSA) is 12.0 Å². The molecule has 0 saturated carbocycles. The molecule has 1 nitrogen and oxygen atoms in total. The number of hydrogen-bond acceptors (Lipinski definition) is 2. The normalized spacial score (nSPS) is 13.2. The minimum atomic E-state index is 0.639. The Balaban J connectivity index is 2.66. The summed E-state index contributed by atoms with van der Waals surface area (Å²) in [6.07, 6.45) is 6.45. The molecule has 18 heavy (non-hydrogen) atoms. The SMILES string of the molecule is CCCC(CCC)C(Cc1ccc(Br)s1)NCC. The Kier molecular flexibility index (Phi) is 8.20. The Labute approximate surface area is 125 Å². The fraction of sp³-hybridized carbons (Fsp3) is 0.733. The molecule has 1 heterocycles. The third kappa shape index (κ3) is 5.41. The number of hydrogen-bond donors (Lipinski definition) is 1. The van der Waals surface area contributed by atoms with Crippen LogP contribution < -0.4 is 5.32 Å². The number of halogens is 1. The quantitative estimate of drug-likeness (QED) is 0.651. The maximum atomic E-state index is 3.70. The predicted molar refractivity (Wildman–Crippen MR) is 86.5 cm³/mol. The molecule has 0 spiro atoms. The van der Waals surface area contributed by atoms with E-state index in [2.05, 4.69) is 54.2 Å². The van der Waals surface area contributed by atoms with Crippen LogP contribution >= 0.6 is 27.3 Å². The van der Waals surface area contributed by atoms with E-state index in [1.165, 1.54) is 40.8 Å². The van der Waals surface area contributed by atoms with Crippen molar-refractivity contribution in [2.75, 3.05) is 6.54 Å². The van der Waals surface area contributed by atoms with Gasteiger partial charge in [0.15, 0.2) is 0 Å². The molecule has 0 saturated heterocycles. The number of likely N-dealkylation sites (N-methyl/N-ethyl adjacent to an activating group) is 1. The lowest BCUT2D eigenvalue weighted by atomic mass is 9.88. The average Bonchev–Trinajstić information content (AvgIpc) is 2.74. The molecule has 1 unspecified atom stereocenters. The van der Waals surface area contributed by atoms with Gasteiger partial charge in [-0.05, 0) is 59.8 Å². The van der Waals surface area contributed by atoms with Crippen LogP contribution in [0.2, 0.25) is 0 Å². The molecule has 0 bridgehead atoms. The molecule has 1 N–H and O–H groups in total. The number of thiophene rings is 1. The summed E-state index contributed by atoms with van der Waals surface area (Å²) in [5.74, 6) is 0.820. The van der Waals surface area contributed by atoms with Gasteiger partial charge in [-0.3, -0.25) is 0 Å². The van der Waals surface area contributed by atoms with Crippen LogP contribution in [0, 0.1) is 5.92 Å². The van der Waals surface area contributed by atoms with Gasteiger partial charge < -0.3 is 5.32 Å².